The molecule has 0 aromatic heterocycles. The van der Waals surface area contributed by atoms with E-state index in [1.54, 1.807) is 6.07 Å². The normalized spacial score (nSPS) is 21.7. The summed E-state index contributed by atoms with van der Waals surface area (Å²) in [6.45, 7) is 3.65. The first-order chi connectivity index (χ1) is 8.15. The van der Waals surface area contributed by atoms with Crippen LogP contribution in [0.4, 0.5) is 4.39 Å². The maximum Gasteiger partial charge on any atom is 0.123 e. The minimum atomic E-state index is -0.177. The molecular weight excluding hydrogens is 217 g/mol. The minimum absolute atomic E-state index is 0.144. The summed E-state index contributed by atoms with van der Waals surface area (Å²) >= 11 is 0. The fraction of sp³-hybridized carbons (Fsp3) is 0.571. The van der Waals surface area contributed by atoms with Crippen molar-refractivity contribution >= 4 is 0 Å². The van der Waals surface area contributed by atoms with E-state index in [9.17, 15) is 4.39 Å². The number of rotatable bonds is 4. The summed E-state index contributed by atoms with van der Waals surface area (Å²) in [4.78, 5) is 0. The monoisotopic (exact) mass is 237 g/mol. The van der Waals surface area contributed by atoms with Crippen LogP contribution in [0.1, 0.15) is 24.0 Å². The van der Waals surface area contributed by atoms with Crippen molar-refractivity contribution in [1.82, 2.24) is 0 Å². The zero-order valence-corrected chi connectivity index (χ0v) is 10.3. The minimum Gasteiger partial charge on any atom is -0.381 e. The number of hydrogen-bond donors (Lipinski definition) is 1. The lowest BCUT2D eigenvalue weighted by atomic mass is 9.93. The van der Waals surface area contributed by atoms with E-state index in [0.29, 0.717) is 5.92 Å². The Morgan fingerprint density at radius 2 is 2.35 bits per heavy atom. The Balaban J connectivity index is 1.90. The number of nitrogens with two attached hydrogens (primary N) is 1. The second-order valence-electron chi connectivity index (χ2n) is 5.00. The highest BCUT2D eigenvalue weighted by Crippen LogP contribution is 2.20. The molecule has 1 aliphatic heterocycles. The largest absolute Gasteiger partial charge is 0.381 e. The van der Waals surface area contributed by atoms with Crippen LogP contribution in [0.15, 0.2) is 18.2 Å². The van der Waals surface area contributed by atoms with Gasteiger partial charge in [0.15, 0.2) is 0 Å². The number of aryl methyl sites for hydroxylation is 1. The molecule has 0 aliphatic carbocycles. The van der Waals surface area contributed by atoms with Crippen LogP contribution in [0.5, 0.6) is 0 Å². The highest BCUT2D eigenvalue weighted by Gasteiger charge is 2.19. The van der Waals surface area contributed by atoms with E-state index in [-0.39, 0.29) is 11.9 Å². The molecule has 3 heteroatoms. The number of benzene rings is 1. The van der Waals surface area contributed by atoms with Gasteiger partial charge >= 0.3 is 0 Å². The summed E-state index contributed by atoms with van der Waals surface area (Å²) in [6, 6.07) is 5.07. The average Bonchev–Trinajstić information content (AvgIpc) is 2.75. The highest BCUT2D eigenvalue weighted by molar-refractivity contribution is 5.27. The maximum atomic E-state index is 13.0. The first-order valence-corrected chi connectivity index (χ1v) is 6.23. The summed E-state index contributed by atoms with van der Waals surface area (Å²) in [5.74, 6) is 0.426. The van der Waals surface area contributed by atoms with E-state index in [2.05, 4.69) is 0 Å². The van der Waals surface area contributed by atoms with Gasteiger partial charge in [-0.15, -0.1) is 0 Å². The fourth-order valence-electron chi connectivity index (χ4n) is 2.45. The van der Waals surface area contributed by atoms with Gasteiger partial charge in [-0.05, 0) is 55.4 Å². The van der Waals surface area contributed by atoms with Gasteiger partial charge in [0.2, 0.25) is 0 Å². The summed E-state index contributed by atoms with van der Waals surface area (Å²) in [5, 5.41) is 0. The van der Waals surface area contributed by atoms with Gasteiger partial charge in [0, 0.05) is 19.3 Å². The highest BCUT2D eigenvalue weighted by atomic mass is 19.1. The van der Waals surface area contributed by atoms with Gasteiger partial charge in [0.25, 0.3) is 0 Å². The van der Waals surface area contributed by atoms with E-state index in [4.69, 9.17) is 10.5 Å². The maximum absolute atomic E-state index is 13.0. The molecule has 0 spiro atoms. The van der Waals surface area contributed by atoms with Gasteiger partial charge in [-0.25, -0.2) is 4.39 Å². The Kier molecular flexibility index (Phi) is 4.13. The third kappa shape index (κ3) is 3.51. The molecule has 0 saturated carbocycles. The van der Waals surface area contributed by atoms with Crippen LogP contribution in [0.25, 0.3) is 0 Å². The third-order valence-corrected chi connectivity index (χ3v) is 3.45. The standard InChI is InChI=1S/C14H20FNO/c1-10-6-13(15)3-2-12(10)8-14(16)7-11-4-5-17-9-11/h2-3,6,11,14H,4-5,7-9,16H2,1H3. The molecule has 17 heavy (non-hydrogen) atoms. The number of halogens is 1. The van der Waals surface area contributed by atoms with Gasteiger partial charge in [-0.2, -0.15) is 0 Å². The van der Waals surface area contributed by atoms with Crippen molar-refractivity contribution in [2.24, 2.45) is 11.7 Å². The van der Waals surface area contributed by atoms with Crippen LogP contribution in [0.2, 0.25) is 0 Å². The predicted molar refractivity (Wildman–Crippen MR) is 66.4 cm³/mol. The first-order valence-electron chi connectivity index (χ1n) is 6.23. The van der Waals surface area contributed by atoms with Crippen LogP contribution >= 0.6 is 0 Å². The van der Waals surface area contributed by atoms with Crippen LogP contribution in [-0.4, -0.2) is 19.3 Å². The lowest BCUT2D eigenvalue weighted by molar-refractivity contribution is 0.182. The van der Waals surface area contributed by atoms with Crippen LogP contribution in [0, 0.1) is 18.7 Å². The molecule has 2 N–H and O–H groups in total. The number of ether oxygens (including phenoxy) is 1. The molecule has 1 aliphatic rings. The van der Waals surface area contributed by atoms with E-state index in [1.165, 1.54) is 6.07 Å². The van der Waals surface area contributed by atoms with Gasteiger partial charge in [-0.1, -0.05) is 6.07 Å². The zero-order valence-electron chi connectivity index (χ0n) is 10.3. The average molecular weight is 237 g/mol. The molecule has 1 saturated heterocycles. The van der Waals surface area contributed by atoms with E-state index in [0.717, 1.165) is 43.6 Å². The molecule has 0 amide bonds. The first kappa shape index (κ1) is 12.5. The van der Waals surface area contributed by atoms with Gasteiger partial charge < -0.3 is 10.5 Å². The van der Waals surface area contributed by atoms with Crippen molar-refractivity contribution in [1.29, 1.82) is 0 Å². The Morgan fingerprint density at radius 3 is 3.00 bits per heavy atom. The SMILES string of the molecule is Cc1cc(F)ccc1CC(N)CC1CCOC1. The van der Waals surface area contributed by atoms with Crippen molar-refractivity contribution in [3.63, 3.8) is 0 Å². The van der Waals surface area contributed by atoms with Crippen molar-refractivity contribution < 1.29 is 9.13 Å². The molecule has 94 valence electrons. The molecular formula is C14H20FNO. The molecule has 0 radical (unpaired) electrons. The second-order valence-corrected chi connectivity index (χ2v) is 5.00. The molecule has 2 rings (SSSR count). The lowest BCUT2D eigenvalue weighted by Crippen LogP contribution is -2.26. The quantitative estimate of drug-likeness (QED) is 0.873. The van der Waals surface area contributed by atoms with Crippen molar-refractivity contribution in [2.75, 3.05) is 13.2 Å². The Hall–Kier alpha value is -0.930. The lowest BCUT2D eigenvalue weighted by Gasteiger charge is -2.16. The topological polar surface area (TPSA) is 35.2 Å². The fourth-order valence-corrected chi connectivity index (χ4v) is 2.45. The molecule has 1 aromatic carbocycles. The van der Waals surface area contributed by atoms with Crippen molar-refractivity contribution in [2.45, 2.75) is 32.2 Å². The molecule has 1 heterocycles. The van der Waals surface area contributed by atoms with Gasteiger partial charge in [0.05, 0.1) is 0 Å². The predicted octanol–water partition coefficient (Wildman–Crippen LogP) is 2.43. The molecule has 2 atom stereocenters. The second kappa shape index (κ2) is 5.61. The van der Waals surface area contributed by atoms with Crippen LogP contribution in [0.3, 0.4) is 0 Å². The molecule has 1 aromatic rings. The van der Waals surface area contributed by atoms with Crippen molar-refractivity contribution in [3.05, 3.63) is 35.1 Å². The van der Waals surface area contributed by atoms with Crippen molar-refractivity contribution in [3.8, 4) is 0 Å². The zero-order chi connectivity index (χ0) is 12.3. The van der Waals surface area contributed by atoms with E-state index < -0.39 is 0 Å². The summed E-state index contributed by atoms with van der Waals surface area (Å²) in [6.07, 6.45) is 2.94. The Labute approximate surface area is 102 Å². The van der Waals surface area contributed by atoms with E-state index >= 15 is 0 Å². The van der Waals surface area contributed by atoms with Gasteiger partial charge in [0.1, 0.15) is 5.82 Å². The third-order valence-electron chi connectivity index (χ3n) is 3.45. The van der Waals surface area contributed by atoms with Crippen LogP contribution in [-0.2, 0) is 11.2 Å². The summed E-state index contributed by atoms with van der Waals surface area (Å²) < 4.78 is 18.3. The molecule has 2 nitrogen and oxygen atoms in total. The number of hydrogen-bond acceptors (Lipinski definition) is 2. The molecule has 1 fully saturated rings. The van der Waals surface area contributed by atoms with E-state index in [1.807, 2.05) is 13.0 Å². The Bertz CT molecular complexity index is 374. The molecule has 2 unspecified atom stereocenters. The Morgan fingerprint density at radius 1 is 1.53 bits per heavy atom. The van der Waals surface area contributed by atoms with Gasteiger partial charge in [-0.3, -0.25) is 0 Å². The summed E-state index contributed by atoms with van der Waals surface area (Å²) in [5.41, 5.74) is 8.28. The molecule has 0 bridgehead atoms. The smallest absolute Gasteiger partial charge is 0.123 e. The summed E-state index contributed by atoms with van der Waals surface area (Å²) in [7, 11) is 0. The van der Waals surface area contributed by atoms with Crippen LogP contribution < -0.4 is 5.73 Å².